The van der Waals surface area contributed by atoms with Gasteiger partial charge in [0.1, 0.15) is 5.94 Å². The van der Waals surface area contributed by atoms with Gasteiger partial charge in [-0.15, -0.1) is 0 Å². The summed E-state index contributed by atoms with van der Waals surface area (Å²) >= 11 is 0. The zero-order chi connectivity index (χ0) is 12.1. The number of hydrogen-bond acceptors (Lipinski definition) is 3. The molecule has 0 amide bonds. The Labute approximate surface area is 94.7 Å². The number of carbonyl (C=O) groups excluding carboxylic acids is 2. The van der Waals surface area contributed by atoms with Gasteiger partial charge in [-0.3, -0.25) is 4.79 Å². The lowest BCUT2D eigenvalue weighted by atomic mass is 9.99. The number of rotatable bonds is 3. The molecule has 1 rings (SSSR count). The summed E-state index contributed by atoms with van der Waals surface area (Å²) in [7, 11) is 1.30. The van der Waals surface area contributed by atoms with E-state index in [1.165, 1.54) is 7.11 Å². The zero-order valence-electron chi connectivity index (χ0n) is 9.66. The van der Waals surface area contributed by atoms with E-state index in [4.69, 9.17) is 0 Å². The van der Waals surface area contributed by atoms with E-state index in [9.17, 15) is 9.59 Å². The molecule has 84 valence electrons. The van der Waals surface area contributed by atoms with Crippen molar-refractivity contribution in [3.63, 3.8) is 0 Å². The third-order valence-electron chi connectivity index (χ3n) is 2.53. The fourth-order valence-corrected chi connectivity index (χ4v) is 1.34. The summed E-state index contributed by atoms with van der Waals surface area (Å²) in [5, 5.41) is 0. The van der Waals surface area contributed by atoms with Crippen molar-refractivity contribution in [1.82, 2.24) is 0 Å². The SMILES string of the molecule is COC(=O)CC(=C=O)c1ccc(C)c(C)c1. The van der Waals surface area contributed by atoms with Gasteiger partial charge < -0.3 is 4.74 Å². The summed E-state index contributed by atoms with van der Waals surface area (Å²) in [5.41, 5.74) is 3.28. The molecule has 0 heterocycles. The van der Waals surface area contributed by atoms with Crippen molar-refractivity contribution in [2.45, 2.75) is 20.3 Å². The Hall–Kier alpha value is -1.86. The highest BCUT2D eigenvalue weighted by Crippen LogP contribution is 2.19. The number of ether oxygens (including phenoxy) is 1. The first-order chi connectivity index (χ1) is 7.58. The molecule has 0 unspecified atom stereocenters. The molecule has 0 aromatic heterocycles. The second kappa shape index (κ2) is 5.29. The highest BCUT2D eigenvalue weighted by molar-refractivity contribution is 5.96. The van der Waals surface area contributed by atoms with Crippen molar-refractivity contribution in [3.05, 3.63) is 34.9 Å². The van der Waals surface area contributed by atoms with Crippen molar-refractivity contribution in [1.29, 1.82) is 0 Å². The average molecular weight is 218 g/mol. The second-order valence-electron chi connectivity index (χ2n) is 3.63. The number of hydrogen-bond donors (Lipinski definition) is 0. The van der Waals surface area contributed by atoms with Crippen LogP contribution in [0.4, 0.5) is 0 Å². The van der Waals surface area contributed by atoms with E-state index < -0.39 is 5.97 Å². The van der Waals surface area contributed by atoms with Crippen LogP contribution in [0.2, 0.25) is 0 Å². The van der Waals surface area contributed by atoms with Crippen LogP contribution < -0.4 is 0 Å². The van der Waals surface area contributed by atoms with Gasteiger partial charge in [-0.25, -0.2) is 4.79 Å². The molecule has 0 spiro atoms. The molecule has 1 aromatic carbocycles. The smallest absolute Gasteiger partial charge is 0.310 e. The fraction of sp³-hybridized carbons (Fsp3) is 0.308. The lowest BCUT2D eigenvalue weighted by molar-refractivity contribution is -0.139. The second-order valence-corrected chi connectivity index (χ2v) is 3.63. The molecule has 1 aromatic rings. The summed E-state index contributed by atoms with van der Waals surface area (Å²) in [4.78, 5) is 21.9. The molecule has 3 heteroatoms. The number of methoxy groups -OCH3 is 1. The normalized spacial score (nSPS) is 9.44. The maximum atomic E-state index is 11.1. The number of aryl methyl sites for hydroxylation is 2. The van der Waals surface area contributed by atoms with Crippen molar-refractivity contribution < 1.29 is 14.3 Å². The van der Waals surface area contributed by atoms with E-state index in [0.29, 0.717) is 5.57 Å². The lowest BCUT2D eigenvalue weighted by Crippen LogP contribution is -2.02. The first-order valence-corrected chi connectivity index (χ1v) is 4.97. The number of benzene rings is 1. The van der Waals surface area contributed by atoms with Gasteiger partial charge in [0.25, 0.3) is 0 Å². The maximum absolute atomic E-state index is 11.1. The van der Waals surface area contributed by atoms with Crippen molar-refractivity contribution in [2.24, 2.45) is 0 Å². The van der Waals surface area contributed by atoms with E-state index in [1.807, 2.05) is 32.0 Å². The molecule has 0 aliphatic rings. The minimum atomic E-state index is -0.434. The van der Waals surface area contributed by atoms with E-state index in [1.54, 1.807) is 5.94 Å². The molecule has 0 aliphatic heterocycles. The summed E-state index contributed by atoms with van der Waals surface area (Å²) in [6.45, 7) is 3.95. The average Bonchev–Trinajstić information content (AvgIpc) is 2.29. The third kappa shape index (κ3) is 2.81. The molecular weight excluding hydrogens is 204 g/mol. The number of esters is 1. The predicted octanol–water partition coefficient (Wildman–Crippen LogP) is 2.08. The highest BCUT2D eigenvalue weighted by atomic mass is 16.5. The van der Waals surface area contributed by atoms with Gasteiger partial charge in [0.05, 0.1) is 19.1 Å². The van der Waals surface area contributed by atoms with Crippen LogP contribution >= 0.6 is 0 Å². The third-order valence-corrected chi connectivity index (χ3v) is 2.53. The Bertz CT molecular complexity index is 454. The van der Waals surface area contributed by atoms with Crippen molar-refractivity contribution >= 4 is 17.5 Å². The monoisotopic (exact) mass is 218 g/mol. The van der Waals surface area contributed by atoms with E-state index in [0.717, 1.165) is 16.7 Å². The molecule has 0 radical (unpaired) electrons. The van der Waals surface area contributed by atoms with Crippen LogP contribution in [0.25, 0.3) is 5.57 Å². The highest BCUT2D eigenvalue weighted by Gasteiger charge is 2.10. The minimum Gasteiger partial charge on any atom is -0.469 e. The quantitative estimate of drug-likeness (QED) is 0.576. The van der Waals surface area contributed by atoms with Crippen LogP contribution in [0.1, 0.15) is 23.1 Å². The summed E-state index contributed by atoms with van der Waals surface area (Å²) in [6, 6.07) is 5.60. The Morgan fingerprint density at radius 2 is 2.00 bits per heavy atom. The maximum Gasteiger partial charge on any atom is 0.310 e. The molecule has 0 aliphatic carbocycles. The lowest BCUT2D eigenvalue weighted by Gasteiger charge is -2.05. The van der Waals surface area contributed by atoms with E-state index >= 15 is 0 Å². The van der Waals surface area contributed by atoms with Gasteiger partial charge >= 0.3 is 5.97 Å². The summed E-state index contributed by atoms with van der Waals surface area (Å²) in [5.74, 6) is 1.36. The van der Waals surface area contributed by atoms with Gasteiger partial charge in [-0.05, 0) is 30.5 Å². The predicted molar refractivity (Wildman–Crippen MR) is 61.6 cm³/mol. The van der Waals surface area contributed by atoms with Gasteiger partial charge in [0.2, 0.25) is 0 Å². The van der Waals surface area contributed by atoms with Crippen molar-refractivity contribution in [2.75, 3.05) is 7.11 Å². The van der Waals surface area contributed by atoms with Crippen LogP contribution in [0.3, 0.4) is 0 Å². The van der Waals surface area contributed by atoms with Gasteiger partial charge in [-0.1, -0.05) is 18.2 Å². The van der Waals surface area contributed by atoms with E-state index in [2.05, 4.69) is 4.74 Å². The largest absolute Gasteiger partial charge is 0.469 e. The molecule has 3 nitrogen and oxygen atoms in total. The van der Waals surface area contributed by atoms with Gasteiger partial charge in [0, 0.05) is 0 Å². The molecule has 0 fully saturated rings. The molecular formula is C13H14O3. The first kappa shape index (κ1) is 12.2. The van der Waals surface area contributed by atoms with Crippen LogP contribution in [0, 0.1) is 13.8 Å². The van der Waals surface area contributed by atoms with Crippen molar-refractivity contribution in [3.8, 4) is 0 Å². The topological polar surface area (TPSA) is 43.4 Å². The molecule has 0 saturated carbocycles. The Morgan fingerprint density at radius 1 is 1.31 bits per heavy atom. The molecule has 0 saturated heterocycles. The molecule has 0 N–H and O–H groups in total. The van der Waals surface area contributed by atoms with Crippen LogP contribution in [0.5, 0.6) is 0 Å². The summed E-state index contributed by atoms with van der Waals surface area (Å²) in [6.07, 6.45) is -0.0392. The molecule has 0 atom stereocenters. The summed E-state index contributed by atoms with van der Waals surface area (Å²) < 4.78 is 4.52. The Kier molecular flexibility index (Phi) is 4.03. The molecule has 16 heavy (non-hydrogen) atoms. The standard InChI is InChI=1S/C13H14O3/c1-9-4-5-11(6-10(9)2)12(8-14)7-13(15)16-3/h4-6H,7H2,1-3H3. The van der Waals surface area contributed by atoms with Crippen LogP contribution in [-0.2, 0) is 14.3 Å². The molecule has 0 bridgehead atoms. The van der Waals surface area contributed by atoms with Gasteiger partial charge in [-0.2, -0.15) is 0 Å². The van der Waals surface area contributed by atoms with Gasteiger partial charge in [0.15, 0.2) is 0 Å². The zero-order valence-corrected chi connectivity index (χ0v) is 9.66. The van der Waals surface area contributed by atoms with Crippen LogP contribution in [-0.4, -0.2) is 19.0 Å². The fourth-order valence-electron chi connectivity index (χ4n) is 1.34. The number of carbonyl (C=O) groups is 1. The first-order valence-electron chi connectivity index (χ1n) is 4.97. The minimum absolute atomic E-state index is 0.0392. The Balaban J connectivity index is 3.01. The van der Waals surface area contributed by atoms with Crippen LogP contribution in [0.15, 0.2) is 18.2 Å². The van der Waals surface area contributed by atoms with E-state index in [-0.39, 0.29) is 6.42 Å². The Morgan fingerprint density at radius 3 is 2.50 bits per heavy atom.